The van der Waals surface area contributed by atoms with Crippen molar-refractivity contribution in [2.45, 2.75) is 26.8 Å². The van der Waals surface area contributed by atoms with Crippen molar-refractivity contribution in [1.82, 2.24) is 10.6 Å². The number of nitrogens with zero attached hydrogens (tertiary/aromatic N) is 1. The summed E-state index contributed by atoms with van der Waals surface area (Å²) >= 11 is 0. The Kier molecular flexibility index (Phi) is 6.56. The second kappa shape index (κ2) is 8.19. The van der Waals surface area contributed by atoms with Crippen molar-refractivity contribution in [3.63, 3.8) is 0 Å². The van der Waals surface area contributed by atoms with Crippen LogP contribution in [-0.2, 0) is 6.54 Å². The Balaban J connectivity index is 2.46. The largest absolute Gasteiger partial charge is 0.370 e. The van der Waals surface area contributed by atoms with Crippen LogP contribution in [0.4, 0.5) is 0 Å². The molecule has 0 bridgehead atoms. The van der Waals surface area contributed by atoms with E-state index in [9.17, 15) is 4.79 Å². The van der Waals surface area contributed by atoms with Gasteiger partial charge in [-0.3, -0.25) is 4.79 Å². The van der Waals surface area contributed by atoms with Gasteiger partial charge in [-0.05, 0) is 30.0 Å². The molecule has 1 amide bonds. The molecule has 20 heavy (non-hydrogen) atoms. The Labute approximate surface area is 120 Å². The molecule has 0 aliphatic rings. The zero-order chi connectivity index (χ0) is 15.0. The van der Waals surface area contributed by atoms with Gasteiger partial charge in [-0.2, -0.15) is 0 Å². The Bertz CT molecular complexity index is 451. The van der Waals surface area contributed by atoms with E-state index in [2.05, 4.69) is 29.5 Å². The molecule has 5 nitrogen and oxygen atoms in total. The van der Waals surface area contributed by atoms with E-state index in [0.717, 1.165) is 18.5 Å². The topological polar surface area (TPSA) is 79.5 Å². The Morgan fingerprint density at radius 2 is 1.95 bits per heavy atom. The average Bonchev–Trinajstić information content (AvgIpc) is 2.44. The summed E-state index contributed by atoms with van der Waals surface area (Å²) in [7, 11) is 1.62. The first kappa shape index (κ1) is 16.0. The number of hydrogen-bond acceptors (Lipinski definition) is 2. The number of nitrogens with two attached hydrogens (primary N) is 1. The predicted octanol–water partition coefficient (Wildman–Crippen LogP) is 1.50. The van der Waals surface area contributed by atoms with E-state index in [1.165, 1.54) is 0 Å². The van der Waals surface area contributed by atoms with Crippen molar-refractivity contribution in [2.24, 2.45) is 16.6 Å². The number of guanidine groups is 1. The fourth-order valence-electron chi connectivity index (χ4n) is 1.63. The molecule has 1 rings (SSSR count). The molecule has 0 saturated carbocycles. The summed E-state index contributed by atoms with van der Waals surface area (Å²) in [5, 5.41) is 5.67. The van der Waals surface area contributed by atoms with Crippen molar-refractivity contribution in [3.8, 4) is 0 Å². The third-order valence-electron chi connectivity index (χ3n) is 2.90. The molecule has 0 atom stereocenters. The van der Waals surface area contributed by atoms with Crippen LogP contribution in [0.3, 0.4) is 0 Å². The molecule has 0 aromatic heterocycles. The molecule has 0 aliphatic carbocycles. The minimum absolute atomic E-state index is 0.0880. The summed E-state index contributed by atoms with van der Waals surface area (Å²) in [5.41, 5.74) is 7.44. The van der Waals surface area contributed by atoms with E-state index >= 15 is 0 Å². The lowest BCUT2D eigenvalue weighted by molar-refractivity contribution is 0.0963. The van der Waals surface area contributed by atoms with Crippen LogP contribution in [0.25, 0.3) is 0 Å². The Hall–Kier alpha value is -2.04. The minimum Gasteiger partial charge on any atom is -0.370 e. The fraction of sp³-hybridized carbons (Fsp3) is 0.467. The van der Waals surface area contributed by atoms with Gasteiger partial charge in [0.2, 0.25) is 0 Å². The van der Waals surface area contributed by atoms with Gasteiger partial charge in [0.15, 0.2) is 5.96 Å². The molecule has 0 unspecified atom stereocenters. The number of hydrogen-bond donors (Lipinski definition) is 3. The molecular weight excluding hydrogens is 252 g/mol. The summed E-state index contributed by atoms with van der Waals surface area (Å²) in [5.74, 6) is 1.02. The normalized spacial score (nSPS) is 11.5. The molecule has 0 heterocycles. The summed E-state index contributed by atoms with van der Waals surface area (Å²) < 4.78 is 0. The van der Waals surface area contributed by atoms with Gasteiger partial charge in [0, 0.05) is 19.2 Å². The maximum absolute atomic E-state index is 11.4. The average molecular weight is 276 g/mol. The highest BCUT2D eigenvalue weighted by atomic mass is 16.1. The maximum Gasteiger partial charge on any atom is 0.251 e. The highest BCUT2D eigenvalue weighted by Gasteiger charge is 2.02. The molecule has 0 radical (unpaired) electrons. The molecule has 4 N–H and O–H groups in total. The number of carbonyl (C=O) groups is 1. The van der Waals surface area contributed by atoms with Gasteiger partial charge < -0.3 is 16.4 Å². The molecule has 0 fully saturated rings. The van der Waals surface area contributed by atoms with Crippen LogP contribution < -0.4 is 16.4 Å². The quantitative estimate of drug-likeness (QED) is 0.544. The van der Waals surface area contributed by atoms with Gasteiger partial charge in [0.1, 0.15) is 0 Å². The highest BCUT2D eigenvalue weighted by Crippen LogP contribution is 2.05. The highest BCUT2D eigenvalue weighted by molar-refractivity contribution is 5.93. The Morgan fingerprint density at radius 1 is 1.30 bits per heavy atom. The van der Waals surface area contributed by atoms with Crippen molar-refractivity contribution < 1.29 is 4.79 Å². The summed E-state index contributed by atoms with van der Waals surface area (Å²) in [6.07, 6.45) is 1.07. The molecule has 0 spiro atoms. The second-order valence-electron chi connectivity index (χ2n) is 5.09. The fourth-order valence-corrected chi connectivity index (χ4v) is 1.63. The predicted molar refractivity (Wildman–Crippen MR) is 82.6 cm³/mol. The van der Waals surface area contributed by atoms with Crippen molar-refractivity contribution >= 4 is 11.9 Å². The van der Waals surface area contributed by atoms with E-state index in [-0.39, 0.29) is 5.91 Å². The van der Waals surface area contributed by atoms with Crippen LogP contribution in [0, 0.1) is 5.92 Å². The number of benzene rings is 1. The zero-order valence-corrected chi connectivity index (χ0v) is 12.4. The lowest BCUT2D eigenvalue weighted by Crippen LogP contribution is -2.32. The van der Waals surface area contributed by atoms with Gasteiger partial charge in [-0.15, -0.1) is 0 Å². The minimum atomic E-state index is -0.0880. The van der Waals surface area contributed by atoms with Gasteiger partial charge >= 0.3 is 0 Å². The SMILES string of the molecule is CNC(=O)c1ccc(CN=C(N)NCCC(C)C)cc1. The molecule has 1 aromatic rings. The zero-order valence-electron chi connectivity index (χ0n) is 12.4. The van der Waals surface area contributed by atoms with Gasteiger partial charge in [0.25, 0.3) is 5.91 Å². The van der Waals surface area contributed by atoms with Crippen LogP contribution in [0.1, 0.15) is 36.2 Å². The maximum atomic E-state index is 11.4. The van der Waals surface area contributed by atoms with Crippen LogP contribution in [0.15, 0.2) is 29.3 Å². The van der Waals surface area contributed by atoms with Crippen molar-refractivity contribution in [2.75, 3.05) is 13.6 Å². The van der Waals surface area contributed by atoms with E-state index in [1.807, 2.05) is 12.1 Å². The van der Waals surface area contributed by atoms with E-state index in [4.69, 9.17) is 5.73 Å². The van der Waals surface area contributed by atoms with Crippen molar-refractivity contribution in [1.29, 1.82) is 0 Å². The lowest BCUT2D eigenvalue weighted by atomic mass is 10.1. The van der Waals surface area contributed by atoms with Gasteiger partial charge in [0.05, 0.1) is 6.54 Å². The monoisotopic (exact) mass is 276 g/mol. The standard InChI is InChI=1S/C15H24N4O/c1-11(2)8-9-18-15(16)19-10-12-4-6-13(7-5-12)14(20)17-3/h4-7,11H,8-10H2,1-3H3,(H,17,20)(H3,16,18,19). The number of nitrogens with one attached hydrogen (secondary N) is 2. The molecule has 1 aromatic carbocycles. The molecule has 110 valence electrons. The molecule has 5 heteroatoms. The lowest BCUT2D eigenvalue weighted by Gasteiger charge is -2.07. The number of rotatable bonds is 6. The Morgan fingerprint density at radius 3 is 2.50 bits per heavy atom. The third-order valence-corrected chi connectivity index (χ3v) is 2.90. The number of aliphatic imine (C=N–C) groups is 1. The molecular formula is C15H24N4O. The summed E-state index contributed by atoms with van der Waals surface area (Å²) in [6.45, 7) is 5.68. The van der Waals surface area contributed by atoms with Crippen LogP contribution in [-0.4, -0.2) is 25.5 Å². The van der Waals surface area contributed by atoms with Crippen molar-refractivity contribution in [3.05, 3.63) is 35.4 Å². The van der Waals surface area contributed by atoms with Crippen LogP contribution >= 0.6 is 0 Å². The summed E-state index contributed by atoms with van der Waals surface area (Å²) in [4.78, 5) is 15.7. The molecule has 0 saturated heterocycles. The van der Waals surface area contributed by atoms with E-state index < -0.39 is 0 Å². The first-order valence-corrected chi connectivity index (χ1v) is 6.87. The van der Waals surface area contributed by atoms with Gasteiger partial charge in [-0.1, -0.05) is 26.0 Å². The van der Waals surface area contributed by atoms with Gasteiger partial charge in [-0.25, -0.2) is 4.99 Å². The van der Waals surface area contributed by atoms with E-state index in [0.29, 0.717) is 24.0 Å². The van der Waals surface area contributed by atoms with Crippen LogP contribution in [0.2, 0.25) is 0 Å². The summed E-state index contributed by atoms with van der Waals surface area (Å²) in [6, 6.07) is 7.34. The van der Waals surface area contributed by atoms with Crippen LogP contribution in [0.5, 0.6) is 0 Å². The third kappa shape index (κ3) is 5.73. The number of carbonyl (C=O) groups excluding carboxylic acids is 1. The number of amides is 1. The first-order chi connectivity index (χ1) is 9.52. The first-order valence-electron chi connectivity index (χ1n) is 6.87. The second-order valence-corrected chi connectivity index (χ2v) is 5.09. The van der Waals surface area contributed by atoms with E-state index in [1.54, 1.807) is 19.2 Å². The molecule has 0 aliphatic heterocycles. The smallest absolute Gasteiger partial charge is 0.251 e.